The van der Waals surface area contributed by atoms with Crippen LogP contribution in [0.15, 0.2) is 36.4 Å². The average molecular weight is 615 g/mol. The number of phosphoric acid groups is 1. The lowest BCUT2D eigenvalue weighted by molar-refractivity contribution is 0.128. The van der Waals surface area contributed by atoms with Gasteiger partial charge in [0.15, 0.2) is 5.82 Å². The van der Waals surface area contributed by atoms with Gasteiger partial charge in [-0.3, -0.25) is 9.79 Å². The monoisotopic (exact) mass is 614 g/mol. The van der Waals surface area contributed by atoms with E-state index < -0.39 is 7.82 Å². The second kappa shape index (κ2) is 14.0. The van der Waals surface area contributed by atoms with Gasteiger partial charge in [0.1, 0.15) is 22.8 Å². The second-order valence-corrected chi connectivity index (χ2v) is 12.7. The fourth-order valence-corrected chi connectivity index (χ4v) is 5.36. The Morgan fingerprint density at radius 2 is 1.88 bits per heavy atom. The normalized spacial score (nSPS) is 12.4. The maximum absolute atomic E-state index is 11.4. The number of nitrogens with one attached hydrogen (secondary N) is 1. The molecule has 0 aliphatic carbocycles. The number of phosphoric ester groups is 1. The molecular weight excluding hydrogens is 571 g/mol. The van der Waals surface area contributed by atoms with Crippen molar-refractivity contribution < 1.29 is 28.7 Å². The van der Waals surface area contributed by atoms with Crippen molar-refractivity contribution in [2.24, 2.45) is 5.73 Å². The van der Waals surface area contributed by atoms with Crippen LogP contribution < -0.4 is 21.3 Å². The lowest BCUT2D eigenvalue weighted by atomic mass is 10.0. The molecule has 0 saturated heterocycles. The van der Waals surface area contributed by atoms with Crippen LogP contribution in [-0.4, -0.2) is 54.7 Å². The Balaban J connectivity index is 1.61. The van der Waals surface area contributed by atoms with E-state index in [9.17, 15) is 19.5 Å². The van der Waals surface area contributed by atoms with Crippen molar-refractivity contribution >= 4 is 35.6 Å². The number of phenols is 1. The van der Waals surface area contributed by atoms with Crippen LogP contribution in [0.4, 0.5) is 5.82 Å². The minimum atomic E-state index is -4.77. The fourth-order valence-electron chi connectivity index (χ4n) is 4.97. The van der Waals surface area contributed by atoms with Crippen molar-refractivity contribution in [2.45, 2.75) is 71.5 Å². The van der Waals surface area contributed by atoms with Gasteiger partial charge in [0.2, 0.25) is 0 Å². The molecule has 12 nitrogen and oxygen atoms in total. The zero-order valence-corrected chi connectivity index (χ0v) is 25.9. The maximum Gasteiger partial charge on any atom is 0.524 e. The Morgan fingerprint density at radius 3 is 2.60 bits per heavy atom. The molecule has 4 rings (SSSR count). The first-order chi connectivity index (χ1) is 20.3. The number of rotatable bonds is 16. The number of nitrogen functional groups attached to an aromatic ring is 1. The average Bonchev–Trinajstić information content (AvgIpc) is 3.28. The molecule has 2 heterocycles. The molecular formula is C30H43N6O6P. The van der Waals surface area contributed by atoms with E-state index in [1.54, 1.807) is 0 Å². The summed E-state index contributed by atoms with van der Waals surface area (Å²) < 4.78 is 23.9. The number of fused-ring (bicyclic) bond motifs is 3. The van der Waals surface area contributed by atoms with Crippen LogP contribution >= 0.6 is 7.82 Å². The van der Waals surface area contributed by atoms with Crippen LogP contribution in [0, 0.1) is 0 Å². The molecule has 0 saturated carbocycles. The number of anilines is 1. The number of hydrogen-bond acceptors (Lipinski definition) is 9. The topological polar surface area (TPSA) is 191 Å². The summed E-state index contributed by atoms with van der Waals surface area (Å²) >= 11 is 0. The highest BCUT2D eigenvalue weighted by Gasteiger charge is 2.21. The molecule has 0 amide bonds. The van der Waals surface area contributed by atoms with Crippen LogP contribution in [0.5, 0.6) is 11.5 Å². The number of imidazole rings is 1. The number of unbranched alkanes of at least 4 members (excludes halogenated alkanes) is 1. The van der Waals surface area contributed by atoms with E-state index in [-0.39, 0.29) is 23.6 Å². The van der Waals surface area contributed by atoms with E-state index in [0.29, 0.717) is 55.1 Å². The van der Waals surface area contributed by atoms with Crippen LogP contribution in [-0.2, 0) is 28.8 Å². The number of aromatic hydroxyl groups is 1. The Bertz CT molecular complexity index is 1600. The number of benzene rings is 2. The number of nitrogens with two attached hydrogens (primary N) is 2. The van der Waals surface area contributed by atoms with Gasteiger partial charge in [-0.15, -0.1) is 0 Å². The SMILES string of the molecule is CCCCc1nc2c(N)nc3ccc(CNCCOCCCC(C)(C)N)cc3c2n1Cc1cc(OP(=O)(O)O)ccc1O. The highest BCUT2D eigenvalue weighted by Crippen LogP contribution is 2.39. The predicted octanol–water partition coefficient (Wildman–Crippen LogP) is 4.36. The Hall–Kier alpha value is -3.25. The first kappa shape index (κ1) is 32.7. The molecule has 43 heavy (non-hydrogen) atoms. The number of ether oxygens (including phenoxy) is 1. The first-order valence-corrected chi connectivity index (χ1v) is 16.1. The molecule has 4 aromatic rings. The number of aromatic nitrogens is 3. The van der Waals surface area contributed by atoms with E-state index in [1.165, 1.54) is 18.2 Å². The lowest BCUT2D eigenvalue weighted by Gasteiger charge is -2.17. The van der Waals surface area contributed by atoms with E-state index >= 15 is 0 Å². The van der Waals surface area contributed by atoms with Gasteiger partial charge in [-0.1, -0.05) is 19.4 Å². The molecule has 2 aromatic heterocycles. The number of phenolic OH excluding ortho intramolecular Hbond substituents is 1. The molecule has 8 N–H and O–H groups in total. The van der Waals surface area contributed by atoms with Crippen LogP contribution in [0.25, 0.3) is 21.9 Å². The summed E-state index contributed by atoms with van der Waals surface area (Å²) in [6, 6.07) is 10.1. The fraction of sp³-hybridized carbons (Fsp3) is 0.467. The molecule has 2 aromatic carbocycles. The first-order valence-electron chi connectivity index (χ1n) is 14.6. The van der Waals surface area contributed by atoms with E-state index in [0.717, 1.165) is 48.0 Å². The van der Waals surface area contributed by atoms with E-state index in [1.807, 2.05) is 30.5 Å². The quantitative estimate of drug-likeness (QED) is 0.0776. The maximum atomic E-state index is 11.4. The zero-order valence-electron chi connectivity index (χ0n) is 25.0. The van der Waals surface area contributed by atoms with Crippen molar-refractivity contribution in [3.05, 3.63) is 53.3 Å². The molecule has 0 fully saturated rings. The molecule has 0 bridgehead atoms. The van der Waals surface area contributed by atoms with Gasteiger partial charge in [0.05, 0.1) is 24.2 Å². The van der Waals surface area contributed by atoms with Gasteiger partial charge in [-0.25, -0.2) is 14.5 Å². The van der Waals surface area contributed by atoms with Crippen molar-refractivity contribution in [3.63, 3.8) is 0 Å². The van der Waals surface area contributed by atoms with Gasteiger partial charge in [-0.05, 0) is 69.0 Å². The molecule has 0 radical (unpaired) electrons. The standard InChI is InChI=1S/C30H43N6O6P/c1-4-5-7-26-35-27-28(36(26)19-21-17-22(9-11-25(21)37)42-43(38,39)40)23-16-20(8-10-24(23)34-29(27)31)18-33-13-15-41-14-6-12-30(2,3)32/h8-11,16-17,33,37H,4-7,12-15,18-19,32H2,1-3H3,(H2,31,34)(H2,38,39,40). The molecule has 0 atom stereocenters. The molecule has 0 aliphatic heterocycles. The largest absolute Gasteiger partial charge is 0.524 e. The van der Waals surface area contributed by atoms with Gasteiger partial charge >= 0.3 is 7.82 Å². The van der Waals surface area contributed by atoms with Crippen molar-refractivity contribution in [2.75, 3.05) is 25.5 Å². The van der Waals surface area contributed by atoms with E-state index in [4.69, 9.17) is 25.7 Å². The lowest BCUT2D eigenvalue weighted by Crippen LogP contribution is -2.32. The predicted molar refractivity (Wildman–Crippen MR) is 168 cm³/mol. The van der Waals surface area contributed by atoms with Crippen LogP contribution in [0.1, 0.15) is 63.4 Å². The Labute approximate surface area is 251 Å². The van der Waals surface area contributed by atoms with Crippen LogP contribution in [0.3, 0.4) is 0 Å². The van der Waals surface area contributed by atoms with Gasteiger partial charge in [0.25, 0.3) is 0 Å². The number of hydrogen-bond donors (Lipinski definition) is 6. The summed E-state index contributed by atoms with van der Waals surface area (Å²) in [6.45, 7) is 8.91. The third-order valence-corrected chi connectivity index (χ3v) is 7.51. The summed E-state index contributed by atoms with van der Waals surface area (Å²) in [5, 5.41) is 15.0. The second-order valence-electron chi connectivity index (χ2n) is 11.5. The smallest absolute Gasteiger partial charge is 0.508 e. The highest BCUT2D eigenvalue weighted by atomic mass is 31.2. The molecule has 234 valence electrons. The summed E-state index contributed by atoms with van der Waals surface area (Å²) in [6.07, 6.45) is 4.36. The summed E-state index contributed by atoms with van der Waals surface area (Å²) in [7, 11) is -4.77. The van der Waals surface area contributed by atoms with Gasteiger partial charge < -0.3 is 35.7 Å². The van der Waals surface area contributed by atoms with Gasteiger partial charge in [0, 0.05) is 42.6 Å². The van der Waals surface area contributed by atoms with Crippen molar-refractivity contribution in [3.8, 4) is 11.5 Å². The molecule has 0 aliphatic rings. The molecule has 13 heteroatoms. The minimum Gasteiger partial charge on any atom is -0.508 e. The number of aryl methyl sites for hydroxylation is 1. The third-order valence-electron chi connectivity index (χ3n) is 7.07. The van der Waals surface area contributed by atoms with Crippen molar-refractivity contribution in [1.82, 2.24) is 19.9 Å². The number of nitrogens with zero attached hydrogens (tertiary/aromatic N) is 3. The zero-order chi connectivity index (χ0) is 31.2. The van der Waals surface area contributed by atoms with Crippen LogP contribution in [0.2, 0.25) is 0 Å². The summed E-state index contributed by atoms with van der Waals surface area (Å²) in [5.41, 5.74) is 15.8. The highest BCUT2D eigenvalue weighted by molar-refractivity contribution is 7.46. The summed E-state index contributed by atoms with van der Waals surface area (Å²) in [4.78, 5) is 28.0. The molecule has 0 spiro atoms. The van der Waals surface area contributed by atoms with Crippen molar-refractivity contribution in [1.29, 1.82) is 0 Å². The van der Waals surface area contributed by atoms with Gasteiger partial charge in [-0.2, -0.15) is 0 Å². The minimum absolute atomic E-state index is 0.0356. The van der Waals surface area contributed by atoms with E-state index in [2.05, 4.69) is 23.3 Å². The Kier molecular flexibility index (Phi) is 10.7. The number of pyridine rings is 1. The summed E-state index contributed by atoms with van der Waals surface area (Å²) in [5.74, 6) is 0.999. The third kappa shape index (κ3) is 9.12. The Morgan fingerprint density at radius 1 is 1.09 bits per heavy atom. The molecule has 0 unspecified atom stereocenters.